The molecular formula is C15H18N2O3. The van der Waals surface area contributed by atoms with Crippen molar-refractivity contribution in [3.05, 3.63) is 24.2 Å². The summed E-state index contributed by atoms with van der Waals surface area (Å²) < 4.78 is 5.65. The Morgan fingerprint density at radius 2 is 2.05 bits per heavy atom. The zero-order valence-corrected chi connectivity index (χ0v) is 11.3. The van der Waals surface area contributed by atoms with Crippen molar-refractivity contribution in [3.8, 4) is 0 Å². The van der Waals surface area contributed by atoms with Crippen LogP contribution in [0.15, 0.2) is 22.7 Å². The van der Waals surface area contributed by atoms with Crippen molar-refractivity contribution < 1.29 is 14.3 Å². The quantitative estimate of drug-likeness (QED) is 0.870. The van der Waals surface area contributed by atoms with E-state index in [9.17, 15) is 9.90 Å². The molecule has 0 amide bonds. The van der Waals surface area contributed by atoms with Crippen LogP contribution < -0.4 is 0 Å². The van der Waals surface area contributed by atoms with Crippen molar-refractivity contribution in [3.63, 3.8) is 0 Å². The first-order valence-electron chi connectivity index (χ1n) is 7.13. The molecule has 0 spiro atoms. The third kappa shape index (κ3) is 2.40. The highest BCUT2D eigenvalue weighted by atomic mass is 16.4. The molecule has 106 valence electrons. The summed E-state index contributed by atoms with van der Waals surface area (Å²) in [6.07, 6.45) is 7.58. The van der Waals surface area contributed by atoms with Crippen LogP contribution >= 0.6 is 0 Å². The van der Waals surface area contributed by atoms with Crippen LogP contribution in [0.4, 0.5) is 0 Å². The van der Waals surface area contributed by atoms with Crippen LogP contribution in [0.2, 0.25) is 0 Å². The molecule has 0 bridgehead atoms. The summed E-state index contributed by atoms with van der Waals surface area (Å²) in [6.45, 7) is 0. The summed E-state index contributed by atoms with van der Waals surface area (Å²) >= 11 is 0. The highest BCUT2D eigenvalue weighted by Crippen LogP contribution is 2.38. The van der Waals surface area contributed by atoms with Crippen molar-refractivity contribution in [2.24, 2.45) is 5.41 Å². The second-order valence-electron chi connectivity index (χ2n) is 5.61. The van der Waals surface area contributed by atoms with Crippen LogP contribution in [0.25, 0.3) is 11.2 Å². The van der Waals surface area contributed by atoms with Crippen LogP contribution in [0.1, 0.15) is 44.4 Å². The number of nitrogens with zero attached hydrogens (tertiary/aromatic N) is 2. The minimum Gasteiger partial charge on any atom is -0.481 e. The van der Waals surface area contributed by atoms with Crippen molar-refractivity contribution >= 4 is 17.2 Å². The lowest BCUT2D eigenvalue weighted by molar-refractivity contribution is -0.150. The molecule has 1 saturated carbocycles. The van der Waals surface area contributed by atoms with Gasteiger partial charge in [-0.3, -0.25) is 4.79 Å². The van der Waals surface area contributed by atoms with E-state index < -0.39 is 11.4 Å². The molecule has 1 fully saturated rings. The van der Waals surface area contributed by atoms with E-state index in [2.05, 4.69) is 9.97 Å². The SMILES string of the molecule is O=C(O)C1(Cc2nc3ncccc3o2)CCCCCC1. The fourth-order valence-electron chi connectivity index (χ4n) is 3.05. The van der Waals surface area contributed by atoms with Gasteiger partial charge in [0, 0.05) is 12.6 Å². The molecule has 3 rings (SSSR count). The van der Waals surface area contributed by atoms with Crippen molar-refractivity contribution in [1.82, 2.24) is 9.97 Å². The van der Waals surface area contributed by atoms with Crippen molar-refractivity contribution in [2.45, 2.75) is 44.9 Å². The van der Waals surface area contributed by atoms with Gasteiger partial charge >= 0.3 is 5.97 Å². The number of hydrogen-bond acceptors (Lipinski definition) is 4. The molecule has 1 aliphatic carbocycles. The average Bonchev–Trinajstić information content (AvgIpc) is 2.67. The van der Waals surface area contributed by atoms with Gasteiger partial charge in [0.05, 0.1) is 5.41 Å². The van der Waals surface area contributed by atoms with Gasteiger partial charge in [-0.2, -0.15) is 4.98 Å². The van der Waals surface area contributed by atoms with Crippen LogP contribution in [-0.4, -0.2) is 21.0 Å². The lowest BCUT2D eigenvalue weighted by atomic mass is 9.77. The molecule has 2 aromatic rings. The van der Waals surface area contributed by atoms with E-state index in [0.29, 0.717) is 36.4 Å². The van der Waals surface area contributed by atoms with Gasteiger partial charge in [-0.1, -0.05) is 25.7 Å². The van der Waals surface area contributed by atoms with Gasteiger partial charge in [0.2, 0.25) is 0 Å². The molecule has 0 aliphatic heterocycles. The second kappa shape index (κ2) is 5.23. The number of carbonyl (C=O) groups is 1. The average molecular weight is 274 g/mol. The molecule has 0 radical (unpaired) electrons. The zero-order chi connectivity index (χ0) is 14.0. The summed E-state index contributed by atoms with van der Waals surface area (Å²) in [4.78, 5) is 20.2. The van der Waals surface area contributed by atoms with Crippen LogP contribution in [0.5, 0.6) is 0 Å². The maximum Gasteiger partial charge on any atom is 0.310 e. The zero-order valence-electron chi connectivity index (χ0n) is 11.3. The van der Waals surface area contributed by atoms with Gasteiger partial charge in [0.15, 0.2) is 17.1 Å². The Morgan fingerprint density at radius 1 is 1.30 bits per heavy atom. The van der Waals surface area contributed by atoms with Gasteiger partial charge in [-0.25, -0.2) is 4.98 Å². The second-order valence-corrected chi connectivity index (χ2v) is 5.61. The molecule has 1 N–H and O–H groups in total. The molecule has 20 heavy (non-hydrogen) atoms. The Balaban J connectivity index is 1.90. The standard InChI is InChI=1S/C15H18N2O3/c18-14(19)15(7-3-1-2-4-8-15)10-12-17-13-11(20-12)6-5-9-16-13/h5-6,9H,1-4,7-8,10H2,(H,18,19). The number of aromatic nitrogens is 2. The molecule has 0 unspecified atom stereocenters. The molecule has 5 nitrogen and oxygen atoms in total. The van der Waals surface area contributed by atoms with E-state index in [0.717, 1.165) is 25.7 Å². The van der Waals surface area contributed by atoms with E-state index in [1.807, 2.05) is 0 Å². The van der Waals surface area contributed by atoms with E-state index in [1.54, 1.807) is 18.3 Å². The fraction of sp³-hybridized carbons (Fsp3) is 0.533. The van der Waals surface area contributed by atoms with Crippen LogP contribution in [-0.2, 0) is 11.2 Å². The minimum atomic E-state index is -0.727. The Labute approximate surface area is 117 Å². The molecular weight excluding hydrogens is 256 g/mol. The highest BCUT2D eigenvalue weighted by Gasteiger charge is 2.40. The molecule has 1 aliphatic rings. The number of fused-ring (bicyclic) bond motifs is 1. The number of hydrogen-bond donors (Lipinski definition) is 1. The van der Waals surface area contributed by atoms with Gasteiger partial charge in [0.25, 0.3) is 0 Å². The predicted molar refractivity (Wildman–Crippen MR) is 73.3 cm³/mol. The summed E-state index contributed by atoms with van der Waals surface area (Å²) in [6, 6.07) is 3.59. The smallest absolute Gasteiger partial charge is 0.310 e. The van der Waals surface area contributed by atoms with Gasteiger partial charge < -0.3 is 9.52 Å². The number of pyridine rings is 1. The van der Waals surface area contributed by atoms with E-state index in [1.165, 1.54) is 0 Å². The summed E-state index contributed by atoms with van der Waals surface area (Å²) in [5.41, 5.74) is 0.450. The molecule has 5 heteroatoms. The molecule has 0 aromatic carbocycles. The van der Waals surface area contributed by atoms with Gasteiger partial charge in [-0.15, -0.1) is 0 Å². The monoisotopic (exact) mass is 274 g/mol. The Bertz CT molecular complexity index is 579. The third-order valence-corrected chi connectivity index (χ3v) is 4.21. The Morgan fingerprint density at radius 3 is 2.70 bits per heavy atom. The van der Waals surface area contributed by atoms with Crippen molar-refractivity contribution in [1.29, 1.82) is 0 Å². The number of oxazole rings is 1. The molecule has 0 saturated heterocycles. The van der Waals surface area contributed by atoms with Gasteiger partial charge in [0.1, 0.15) is 0 Å². The topological polar surface area (TPSA) is 76.2 Å². The molecule has 0 atom stereocenters. The van der Waals surface area contributed by atoms with E-state index >= 15 is 0 Å². The first-order chi connectivity index (χ1) is 9.70. The summed E-state index contributed by atoms with van der Waals surface area (Å²) in [5, 5.41) is 9.66. The first-order valence-corrected chi connectivity index (χ1v) is 7.13. The first kappa shape index (κ1) is 13.1. The number of carboxylic acids is 1. The van der Waals surface area contributed by atoms with Gasteiger partial charge in [-0.05, 0) is 25.0 Å². The minimum absolute atomic E-state index is 0.360. The number of aliphatic carboxylic acids is 1. The summed E-state index contributed by atoms with van der Waals surface area (Å²) in [5.74, 6) is -0.238. The van der Waals surface area contributed by atoms with Crippen LogP contribution in [0.3, 0.4) is 0 Å². The van der Waals surface area contributed by atoms with E-state index in [-0.39, 0.29) is 0 Å². The normalized spacial score (nSPS) is 18.8. The number of rotatable bonds is 3. The molecule has 2 heterocycles. The summed E-state index contributed by atoms with van der Waals surface area (Å²) in [7, 11) is 0. The maximum absolute atomic E-state index is 11.8. The lowest BCUT2D eigenvalue weighted by Gasteiger charge is -2.26. The predicted octanol–water partition coefficient (Wildman–Crippen LogP) is 3.19. The highest BCUT2D eigenvalue weighted by molar-refractivity contribution is 5.75. The van der Waals surface area contributed by atoms with Crippen LogP contribution in [0, 0.1) is 5.41 Å². The lowest BCUT2D eigenvalue weighted by Crippen LogP contribution is -2.33. The Kier molecular flexibility index (Phi) is 3.42. The maximum atomic E-state index is 11.8. The largest absolute Gasteiger partial charge is 0.481 e. The fourth-order valence-corrected chi connectivity index (χ4v) is 3.05. The third-order valence-electron chi connectivity index (χ3n) is 4.21. The Hall–Kier alpha value is -1.91. The van der Waals surface area contributed by atoms with Crippen molar-refractivity contribution in [2.75, 3.05) is 0 Å². The van der Waals surface area contributed by atoms with E-state index in [4.69, 9.17) is 4.42 Å². The molecule has 2 aromatic heterocycles. The number of carboxylic acid groups (broad SMARTS) is 1.